The van der Waals surface area contributed by atoms with Crippen molar-refractivity contribution in [3.8, 4) is 0 Å². The molecule has 1 saturated heterocycles. The van der Waals surface area contributed by atoms with E-state index in [1.54, 1.807) is 0 Å². The summed E-state index contributed by atoms with van der Waals surface area (Å²) in [6.07, 6.45) is 15.7. The minimum Gasteiger partial charge on any atom is -0.393 e. The highest BCUT2D eigenvalue weighted by Gasteiger charge is 2.25. The highest BCUT2D eigenvalue weighted by Crippen LogP contribution is 2.19. The second kappa shape index (κ2) is 11.6. The number of aliphatic hydroxyl groups is 1. The minimum atomic E-state index is -0.122. The van der Waals surface area contributed by atoms with Crippen molar-refractivity contribution < 1.29 is 9.84 Å². The van der Waals surface area contributed by atoms with E-state index in [4.69, 9.17) is 4.74 Å². The molecule has 1 aliphatic rings. The van der Waals surface area contributed by atoms with E-state index in [2.05, 4.69) is 13.8 Å². The summed E-state index contributed by atoms with van der Waals surface area (Å²) in [4.78, 5) is 0. The average molecular weight is 284 g/mol. The summed E-state index contributed by atoms with van der Waals surface area (Å²) in [6.45, 7) is 5.52. The molecule has 0 aromatic rings. The number of epoxide rings is 1. The van der Waals surface area contributed by atoms with Gasteiger partial charge in [-0.3, -0.25) is 0 Å². The lowest BCUT2D eigenvalue weighted by molar-refractivity contribution is 0.139. The Hall–Kier alpha value is -0.0800. The molecule has 0 spiro atoms. The number of hydrogen-bond acceptors (Lipinski definition) is 2. The highest BCUT2D eigenvalue weighted by atomic mass is 16.6. The van der Waals surface area contributed by atoms with Crippen LogP contribution in [0.5, 0.6) is 0 Å². The van der Waals surface area contributed by atoms with Crippen LogP contribution >= 0.6 is 0 Å². The number of hydrogen-bond donors (Lipinski definition) is 1. The fraction of sp³-hybridized carbons (Fsp3) is 1.00. The quantitative estimate of drug-likeness (QED) is 0.356. The monoisotopic (exact) mass is 284 g/mol. The summed E-state index contributed by atoms with van der Waals surface area (Å²) in [5.41, 5.74) is 0. The molecular weight excluding hydrogens is 248 g/mol. The van der Waals surface area contributed by atoms with Crippen molar-refractivity contribution in [3.63, 3.8) is 0 Å². The normalized spacial score (nSPS) is 20.9. The summed E-state index contributed by atoms with van der Waals surface area (Å²) in [5.74, 6) is 0.919. The van der Waals surface area contributed by atoms with Gasteiger partial charge in [0.05, 0.1) is 18.8 Å². The van der Waals surface area contributed by atoms with Gasteiger partial charge in [0.25, 0.3) is 0 Å². The molecule has 0 aromatic carbocycles. The molecule has 1 heterocycles. The van der Waals surface area contributed by atoms with Gasteiger partial charge in [0.2, 0.25) is 0 Å². The standard InChI is InChI=1S/C18H36O2/c1-3-16(2)12-10-8-6-4-5-7-9-11-13-17(19)14-18-15-20-18/h16-19H,3-15H2,1-2H3. The first-order valence-corrected chi connectivity index (χ1v) is 9.02. The Morgan fingerprint density at radius 2 is 1.45 bits per heavy atom. The molecule has 2 heteroatoms. The molecule has 0 bridgehead atoms. The zero-order chi connectivity index (χ0) is 14.6. The van der Waals surface area contributed by atoms with Gasteiger partial charge >= 0.3 is 0 Å². The molecule has 0 aliphatic carbocycles. The number of ether oxygens (including phenoxy) is 1. The van der Waals surface area contributed by atoms with E-state index in [-0.39, 0.29) is 6.10 Å². The van der Waals surface area contributed by atoms with Crippen molar-refractivity contribution in [3.05, 3.63) is 0 Å². The molecule has 3 atom stereocenters. The summed E-state index contributed by atoms with van der Waals surface area (Å²) in [7, 11) is 0. The van der Waals surface area contributed by atoms with E-state index in [1.807, 2.05) is 0 Å². The smallest absolute Gasteiger partial charge is 0.0834 e. The second-order valence-corrected chi connectivity index (χ2v) is 6.76. The van der Waals surface area contributed by atoms with Crippen LogP contribution in [0.15, 0.2) is 0 Å². The van der Waals surface area contributed by atoms with Crippen molar-refractivity contribution >= 4 is 0 Å². The fourth-order valence-electron chi connectivity index (χ4n) is 2.76. The van der Waals surface area contributed by atoms with E-state index < -0.39 is 0 Å². The highest BCUT2D eigenvalue weighted by molar-refractivity contribution is 4.73. The third kappa shape index (κ3) is 10.7. The van der Waals surface area contributed by atoms with Gasteiger partial charge in [-0.25, -0.2) is 0 Å². The van der Waals surface area contributed by atoms with E-state index in [1.165, 1.54) is 64.2 Å². The van der Waals surface area contributed by atoms with Gasteiger partial charge in [0.15, 0.2) is 0 Å². The molecule has 3 unspecified atom stereocenters. The molecule has 1 fully saturated rings. The van der Waals surface area contributed by atoms with Crippen LogP contribution in [0.3, 0.4) is 0 Å². The predicted octanol–water partition coefficient (Wildman–Crippen LogP) is 5.08. The lowest BCUT2D eigenvalue weighted by atomic mass is 9.99. The van der Waals surface area contributed by atoms with E-state index >= 15 is 0 Å². The minimum absolute atomic E-state index is 0.122. The summed E-state index contributed by atoms with van der Waals surface area (Å²) in [6, 6.07) is 0. The molecule has 0 saturated carbocycles. The van der Waals surface area contributed by atoms with Crippen LogP contribution in [0.1, 0.15) is 90.9 Å². The van der Waals surface area contributed by atoms with E-state index in [0.717, 1.165) is 25.4 Å². The third-order valence-corrected chi connectivity index (χ3v) is 4.62. The average Bonchev–Trinajstić information content (AvgIpc) is 3.24. The lowest BCUT2D eigenvalue weighted by Gasteiger charge is -2.09. The first-order chi connectivity index (χ1) is 9.72. The van der Waals surface area contributed by atoms with E-state index in [0.29, 0.717) is 6.10 Å². The molecular formula is C18H36O2. The summed E-state index contributed by atoms with van der Waals surface area (Å²) < 4.78 is 5.13. The predicted molar refractivity (Wildman–Crippen MR) is 86.0 cm³/mol. The Labute approximate surface area is 126 Å². The van der Waals surface area contributed by atoms with Crippen LogP contribution in [0.25, 0.3) is 0 Å². The van der Waals surface area contributed by atoms with Crippen molar-refractivity contribution in [2.75, 3.05) is 6.61 Å². The molecule has 0 radical (unpaired) electrons. The second-order valence-electron chi connectivity index (χ2n) is 6.76. The van der Waals surface area contributed by atoms with Gasteiger partial charge in [0.1, 0.15) is 0 Å². The van der Waals surface area contributed by atoms with E-state index in [9.17, 15) is 5.11 Å². The van der Waals surface area contributed by atoms with Crippen molar-refractivity contribution in [1.82, 2.24) is 0 Å². The first-order valence-electron chi connectivity index (χ1n) is 9.02. The van der Waals surface area contributed by atoms with Crippen LogP contribution in [-0.2, 0) is 4.74 Å². The Morgan fingerprint density at radius 3 is 1.95 bits per heavy atom. The topological polar surface area (TPSA) is 32.8 Å². The van der Waals surface area contributed by atoms with Crippen molar-refractivity contribution in [1.29, 1.82) is 0 Å². The molecule has 120 valence electrons. The van der Waals surface area contributed by atoms with Gasteiger partial charge < -0.3 is 9.84 Å². The molecule has 2 nitrogen and oxygen atoms in total. The molecule has 20 heavy (non-hydrogen) atoms. The summed E-state index contributed by atoms with van der Waals surface area (Å²) in [5, 5.41) is 9.74. The van der Waals surface area contributed by atoms with Gasteiger partial charge in [-0.05, 0) is 12.3 Å². The Bertz CT molecular complexity index is 213. The van der Waals surface area contributed by atoms with Gasteiger partial charge in [0, 0.05) is 6.42 Å². The molecule has 1 aliphatic heterocycles. The number of aliphatic hydroxyl groups excluding tert-OH is 1. The Morgan fingerprint density at radius 1 is 0.950 bits per heavy atom. The fourth-order valence-corrected chi connectivity index (χ4v) is 2.76. The van der Waals surface area contributed by atoms with Crippen LogP contribution in [0, 0.1) is 5.92 Å². The van der Waals surface area contributed by atoms with Gasteiger partial charge in [-0.1, -0.05) is 78.1 Å². The van der Waals surface area contributed by atoms with Crippen LogP contribution in [0.2, 0.25) is 0 Å². The summed E-state index contributed by atoms with van der Waals surface area (Å²) >= 11 is 0. The maximum Gasteiger partial charge on any atom is 0.0834 e. The number of unbranched alkanes of at least 4 members (excludes halogenated alkanes) is 7. The molecule has 0 amide bonds. The third-order valence-electron chi connectivity index (χ3n) is 4.62. The maximum absolute atomic E-state index is 9.74. The maximum atomic E-state index is 9.74. The van der Waals surface area contributed by atoms with Gasteiger partial charge in [-0.2, -0.15) is 0 Å². The first kappa shape index (κ1) is 18.0. The zero-order valence-electron chi connectivity index (χ0n) is 13.8. The van der Waals surface area contributed by atoms with Crippen molar-refractivity contribution in [2.24, 2.45) is 5.92 Å². The van der Waals surface area contributed by atoms with Crippen LogP contribution in [-0.4, -0.2) is 23.9 Å². The van der Waals surface area contributed by atoms with Crippen LogP contribution in [0.4, 0.5) is 0 Å². The number of rotatable bonds is 14. The van der Waals surface area contributed by atoms with Gasteiger partial charge in [-0.15, -0.1) is 0 Å². The molecule has 0 aromatic heterocycles. The SMILES string of the molecule is CCC(C)CCCCCCCCCCC(O)CC1CO1. The Balaban J connectivity index is 1.71. The van der Waals surface area contributed by atoms with Crippen LogP contribution < -0.4 is 0 Å². The van der Waals surface area contributed by atoms with Crippen molar-refractivity contribution in [2.45, 2.75) is 103 Å². The lowest BCUT2D eigenvalue weighted by Crippen LogP contribution is -2.09. The molecule has 1 rings (SSSR count). The zero-order valence-corrected chi connectivity index (χ0v) is 13.8. The molecule has 1 N–H and O–H groups in total. The largest absolute Gasteiger partial charge is 0.393 e. The Kier molecular flexibility index (Phi) is 10.4.